The molecule has 0 radical (unpaired) electrons. The van der Waals surface area contributed by atoms with Gasteiger partial charge < -0.3 is 9.30 Å². The molecule has 1 aromatic carbocycles. The molecule has 2 heterocycles. The highest BCUT2D eigenvalue weighted by atomic mass is 16.5. The van der Waals surface area contributed by atoms with Crippen LogP contribution in [0.1, 0.15) is 49.3 Å². The van der Waals surface area contributed by atoms with Crippen LogP contribution in [0.4, 0.5) is 0 Å². The fourth-order valence-corrected chi connectivity index (χ4v) is 3.11. The number of fused-ring (bicyclic) bond motifs is 1. The summed E-state index contributed by atoms with van der Waals surface area (Å²) in [6.45, 7) is 2.33. The normalized spacial score (nSPS) is 15.7. The third-order valence-electron chi connectivity index (χ3n) is 4.49. The second kappa shape index (κ2) is 7.79. The Morgan fingerprint density at radius 1 is 1.27 bits per heavy atom. The van der Waals surface area contributed by atoms with E-state index >= 15 is 0 Å². The monoisotopic (exact) mass is 349 g/mol. The lowest BCUT2D eigenvalue weighted by atomic mass is 10.0. The highest BCUT2D eigenvalue weighted by Crippen LogP contribution is 2.23. The average Bonchev–Trinajstić information content (AvgIpc) is 2.90. The second-order valence-corrected chi connectivity index (χ2v) is 6.30. The van der Waals surface area contributed by atoms with E-state index in [-0.39, 0.29) is 5.78 Å². The summed E-state index contributed by atoms with van der Waals surface area (Å²) < 4.78 is 7.56. The van der Waals surface area contributed by atoms with Gasteiger partial charge in [0.2, 0.25) is 0 Å². The minimum atomic E-state index is -1.02. The summed E-state index contributed by atoms with van der Waals surface area (Å²) in [5, 5.41) is 26.8. The number of rotatable bonds is 5. The Labute approximate surface area is 151 Å². The van der Waals surface area contributed by atoms with Gasteiger partial charge in [-0.1, -0.05) is 12.5 Å². The van der Waals surface area contributed by atoms with Gasteiger partial charge in [-0.2, -0.15) is 10.5 Å². The first-order chi connectivity index (χ1) is 12.6. The van der Waals surface area contributed by atoms with Crippen LogP contribution in [0.25, 0.3) is 0 Å². The van der Waals surface area contributed by atoms with Gasteiger partial charge in [0.15, 0.2) is 23.6 Å². The van der Waals surface area contributed by atoms with Crippen LogP contribution in [-0.4, -0.2) is 26.7 Å². The van der Waals surface area contributed by atoms with Crippen LogP contribution in [0.2, 0.25) is 0 Å². The van der Waals surface area contributed by atoms with E-state index in [4.69, 9.17) is 10.00 Å². The molecule has 2 atom stereocenters. The predicted molar refractivity (Wildman–Crippen MR) is 92.2 cm³/mol. The van der Waals surface area contributed by atoms with E-state index in [0.29, 0.717) is 17.1 Å². The number of carbonyl (C=O) groups is 1. The zero-order valence-corrected chi connectivity index (χ0v) is 14.6. The van der Waals surface area contributed by atoms with Crippen LogP contribution in [0.5, 0.6) is 5.75 Å². The van der Waals surface area contributed by atoms with Crippen LogP contribution < -0.4 is 4.74 Å². The van der Waals surface area contributed by atoms with E-state index in [1.165, 1.54) is 0 Å². The van der Waals surface area contributed by atoms with E-state index < -0.39 is 12.0 Å². The Hall–Kier alpha value is -3.19. The summed E-state index contributed by atoms with van der Waals surface area (Å²) in [6, 6.07) is 10.7. The average molecular weight is 349 g/mol. The van der Waals surface area contributed by atoms with Gasteiger partial charge in [-0.05, 0) is 38.0 Å². The summed E-state index contributed by atoms with van der Waals surface area (Å²) in [5.41, 5.74) is 0.446. The fraction of sp³-hybridized carbons (Fsp3) is 0.421. The number of nitriles is 2. The third kappa shape index (κ3) is 3.57. The van der Waals surface area contributed by atoms with Gasteiger partial charge in [0.1, 0.15) is 11.6 Å². The van der Waals surface area contributed by atoms with E-state index in [1.54, 1.807) is 31.2 Å². The largest absolute Gasteiger partial charge is 0.483 e. The lowest BCUT2D eigenvalue weighted by molar-refractivity contribution is -0.125. The van der Waals surface area contributed by atoms with E-state index in [1.807, 2.05) is 10.6 Å². The standard InChI is InChI=1S/C19H19N5O2/c1-13(26-15-7-5-6-14(10-15)11-20)18(25)16(12-21)19-23-22-17-8-3-2-4-9-24(17)19/h5-7,10,13,16H,2-4,8-9H2,1H3/t13-,16+/m0/s1. The maximum atomic E-state index is 12.8. The number of Topliss-reactive ketones (excluding diaryl/α,β-unsaturated/α-hetero) is 1. The Bertz CT molecular complexity index is 890. The van der Waals surface area contributed by atoms with Gasteiger partial charge in [-0.15, -0.1) is 10.2 Å². The highest BCUT2D eigenvalue weighted by molar-refractivity contribution is 5.91. The second-order valence-electron chi connectivity index (χ2n) is 6.30. The van der Waals surface area contributed by atoms with Gasteiger partial charge in [0.05, 0.1) is 17.7 Å². The van der Waals surface area contributed by atoms with Crippen molar-refractivity contribution in [2.45, 2.75) is 51.2 Å². The van der Waals surface area contributed by atoms with Gasteiger partial charge in [0.25, 0.3) is 0 Å². The Morgan fingerprint density at radius 2 is 2.12 bits per heavy atom. The summed E-state index contributed by atoms with van der Waals surface area (Å²) >= 11 is 0. The first-order valence-electron chi connectivity index (χ1n) is 8.66. The number of hydrogen-bond donors (Lipinski definition) is 0. The molecule has 26 heavy (non-hydrogen) atoms. The molecule has 3 rings (SSSR count). The quantitative estimate of drug-likeness (QED) is 0.821. The molecular weight excluding hydrogens is 330 g/mol. The number of carbonyl (C=O) groups excluding carboxylic acids is 1. The number of ether oxygens (including phenoxy) is 1. The minimum Gasteiger partial charge on any atom is -0.483 e. The van der Waals surface area contributed by atoms with Gasteiger partial charge in [-0.3, -0.25) is 4.79 Å². The van der Waals surface area contributed by atoms with Crippen LogP contribution in [-0.2, 0) is 17.8 Å². The molecule has 2 aromatic rings. The van der Waals surface area contributed by atoms with Crippen LogP contribution in [0.15, 0.2) is 24.3 Å². The van der Waals surface area contributed by atoms with Crippen molar-refractivity contribution < 1.29 is 9.53 Å². The molecule has 0 saturated carbocycles. The Kier molecular flexibility index (Phi) is 5.28. The van der Waals surface area contributed by atoms with Crippen LogP contribution >= 0.6 is 0 Å². The third-order valence-corrected chi connectivity index (χ3v) is 4.49. The number of aryl methyl sites for hydroxylation is 1. The number of ketones is 1. The lowest BCUT2D eigenvalue weighted by Gasteiger charge is -2.17. The fourth-order valence-electron chi connectivity index (χ4n) is 3.11. The van der Waals surface area contributed by atoms with E-state index in [9.17, 15) is 10.1 Å². The molecule has 132 valence electrons. The van der Waals surface area contributed by atoms with Crippen molar-refractivity contribution in [2.24, 2.45) is 0 Å². The maximum absolute atomic E-state index is 12.8. The van der Waals surface area contributed by atoms with Crippen molar-refractivity contribution in [3.05, 3.63) is 41.5 Å². The lowest BCUT2D eigenvalue weighted by Crippen LogP contribution is -2.30. The SMILES string of the molecule is C[C@H](Oc1cccc(C#N)c1)C(=O)[C@@H](C#N)c1nnc2n1CCCCC2. The molecule has 1 aromatic heterocycles. The molecule has 0 saturated heterocycles. The first kappa shape index (κ1) is 17.6. The smallest absolute Gasteiger partial charge is 0.197 e. The molecule has 0 aliphatic carbocycles. The maximum Gasteiger partial charge on any atom is 0.197 e. The zero-order chi connectivity index (χ0) is 18.5. The molecule has 1 aliphatic rings. The Balaban J connectivity index is 1.80. The molecular formula is C19H19N5O2. The van der Waals surface area contributed by atoms with Crippen molar-refractivity contribution in [2.75, 3.05) is 0 Å². The van der Waals surface area contributed by atoms with Crippen molar-refractivity contribution in [3.63, 3.8) is 0 Å². The van der Waals surface area contributed by atoms with Crippen molar-refractivity contribution >= 4 is 5.78 Å². The number of hydrogen-bond acceptors (Lipinski definition) is 6. The summed E-state index contributed by atoms with van der Waals surface area (Å²) in [7, 11) is 0. The number of benzene rings is 1. The molecule has 0 amide bonds. The predicted octanol–water partition coefficient (Wildman–Crippen LogP) is 2.52. The summed E-state index contributed by atoms with van der Waals surface area (Å²) in [6.07, 6.45) is 3.09. The van der Waals surface area contributed by atoms with Crippen molar-refractivity contribution in [3.8, 4) is 17.9 Å². The van der Waals surface area contributed by atoms with Crippen LogP contribution in [0, 0.1) is 22.7 Å². The minimum absolute atomic E-state index is 0.366. The first-order valence-corrected chi connectivity index (χ1v) is 8.66. The van der Waals surface area contributed by atoms with Crippen LogP contribution in [0.3, 0.4) is 0 Å². The molecule has 0 unspecified atom stereocenters. The molecule has 0 N–H and O–H groups in total. The van der Waals surface area contributed by atoms with E-state index in [0.717, 1.165) is 38.1 Å². The number of nitrogens with zero attached hydrogens (tertiary/aromatic N) is 5. The molecule has 0 spiro atoms. The molecule has 7 heteroatoms. The Morgan fingerprint density at radius 3 is 2.88 bits per heavy atom. The van der Waals surface area contributed by atoms with E-state index in [2.05, 4.69) is 16.3 Å². The van der Waals surface area contributed by atoms with Crippen molar-refractivity contribution in [1.29, 1.82) is 10.5 Å². The molecule has 1 aliphatic heterocycles. The highest BCUT2D eigenvalue weighted by Gasteiger charge is 2.32. The molecule has 7 nitrogen and oxygen atoms in total. The molecule has 0 fully saturated rings. The topological polar surface area (TPSA) is 105 Å². The summed E-state index contributed by atoms with van der Waals surface area (Å²) in [4.78, 5) is 12.8. The van der Waals surface area contributed by atoms with Gasteiger partial charge in [-0.25, -0.2) is 0 Å². The zero-order valence-electron chi connectivity index (χ0n) is 14.6. The van der Waals surface area contributed by atoms with Gasteiger partial charge >= 0.3 is 0 Å². The van der Waals surface area contributed by atoms with Gasteiger partial charge in [0, 0.05) is 13.0 Å². The van der Waals surface area contributed by atoms with Crippen molar-refractivity contribution in [1.82, 2.24) is 14.8 Å². The molecule has 0 bridgehead atoms. The summed E-state index contributed by atoms with van der Waals surface area (Å²) in [5.74, 6) is 0.260. The number of aromatic nitrogens is 3.